The minimum absolute atomic E-state index is 0. The number of ketones is 4. The fourth-order valence-corrected chi connectivity index (χ4v) is 12.2. The number of nitrogens with two attached hydrogens (primary N) is 4. The van der Waals surface area contributed by atoms with Crippen molar-refractivity contribution in [2.75, 3.05) is 31.5 Å². The molecule has 2 aliphatic carbocycles. The van der Waals surface area contributed by atoms with Crippen LogP contribution in [-0.4, -0.2) is 101 Å². The van der Waals surface area contributed by atoms with Crippen molar-refractivity contribution in [2.45, 2.75) is 19.6 Å². The van der Waals surface area contributed by atoms with E-state index >= 15 is 0 Å². The molecule has 0 heterocycles. The van der Waals surface area contributed by atoms with E-state index in [-0.39, 0.29) is 101 Å². The van der Waals surface area contributed by atoms with Gasteiger partial charge in [0.2, 0.25) is 0 Å². The van der Waals surface area contributed by atoms with Gasteiger partial charge in [0.25, 0.3) is 20.2 Å². The van der Waals surface area contributed by atoms with Gasteiger partial charge in [-0.3, -0.25) is 37.4 Å². The van der Waals surface area contributed by atoms with Crippen LogP contribution < -0.4 is 90.7 Å². The molecule has 0 radical (unpaired) electrons. The number of anilines is 8. The number of hydrogen-bond donors (Lipinski definition) is 8. The summed E-state index contributed by atoms with van der Waals surface area (Å²) in [5.41, 5.74) is 11.4. The molecule has 0 unspecified atom stereocenters. The molecule has 388 valence electrons. The van der Waals surface area contributed by atoms with Gasteiger partial charge < -0.3 is 32.0 Å². The van der Waals surface area contributed by atoms with Crippen LogP contribution in [-0.2, 0) is 61.1 Å². The van der Waals surface area contributed by atoms with E-state index in [1.165, 1.54) is 48.5 Å². The molecule has 0 spiro atoms. The standard InChI is InChI=1S/2C20H15N3O11S3.2Na/c2*21-9-5-6-12(14(7-9)35(26,27)28)23(37(32,33)34)13-8-15(36(29,30)31)18(22)17-16(13)19(24)10-3-1-2-4-11(10)20(17)25;;/h2*1-8H,21-22H2,(H,26,27,28)(H,29,30,31)(H,32,33,34);;/q;;2*+1/p-2. The number of hydrogen-bond acceptors (Lipinski definition) is 22. The molecular formula is C40H28N6Na2O22S6. The first-order chi connectivity index (χ1) is 33.9. The maximum absolute atomic E-state index is 13.5. The Kier molecular flexibility index (Phi) is 16.8. The summed E-state index contributed by atoms with van der Waals surface area (Å²) in [4.78, 5) is 48.4. The molecule has 76 heavy (non-hydrogen) atoms. The quantitative estimate of drug-likeness (QED) is 0.0363. The van der Waals surface area contributed by atoms with E-state index in [1.807, 2.05) is 0 Å². The van der Waals surface area contributed by atoms with Gasteiger partial charge >= 0.3 is 79.7 Å². The molecule has 36 heteroatoms. The molecule has 0 saturated carbocycles. The van der Waals surface area contributed by atoms with E-state index in [4.69, 9.17) is 22.9 Å². The molecule has 28 nitrogen and oxygen atoms in total. The average molecular weight is 1180 g/mol. The number of carbonyl (C=O) groups is 4. The van der Waals surface area contributed by atoms with Crippen molar-refractivity contribution in [3.8, 4) is 0 Å². The molecule has 0 amide bonds. The third-order valence-corrected chi connectivity index (χ3v) is 16.0. The third kappa shape index (κ3) is 11.2. The molecule has 0 bridgehead atoms. The van der Waals surface area contributed by atoms with Gasteiger partial charge in [0.15, 0.2) is 23.1 Å². The molecule has 0 fully saturated rings. The van der Waals surface area contributed by atoms with Crippen LogP contribution in [0.25, 0.3) is 0 Å². The van der Waals surface area contributed by atoms with Crippen molar-refractivity contribution < 1.29 is 156 Å². The van der Waals surface area contributed by atoms with E-state index in [1.54, 1.807) is 0 Å². The minimum Gasteiger partial charge on any atom is -0.744 e. The maximum Gasteiger partial charge on any atom is 1.00 e. The molecule has 6 aromatic carbocycles. The molecular weight excluding hydrogens is 1150 g/mol. The van der Waals surface area contributed by atoms with E-state index in [0.29, 0.717) is 36.4 Å². The molecule has 6 aromatic rings. The van der Waals surface area contributed by atoms with E-state index < -0.39 is 160 Å². The second kappa shape index (κ2) is 20.9. The normalized spacial score (nSPS) is 13.3. The summed E-state index contributed by atoms with van der Waals surface area (Å²) in [5.74, 6) is -4.26. The Labute approximate surface area is 474 Å². The van der Waals surface area contributed by atoms with Crippen molar-refractivity contribution in [2.24, 2.45) is 0 Å². The number of nitrogen functional groups attached to an aromatic ring is 4. The minimum atomic E-state index is -5.68. The molecule has 0 aromatic heterocycles. The summed E-state index contributed by atoms with van der Waals surface area (Å²) < 4.78 is 209. The fourth-order valence-electron chi connectivity index (χ4n) is 7.85. The third-order valence-electron chi connectivity index (χ3n) is 10.8. The van der Waals surface area contributed by atoms with Gasteiger partial charge in [-0.1, -0.05) is 48.5 Å². The molecule has 8 rings (SSSR count). The Morgan fingerprint density at radius 3 is 0.868 bits per heavy atom. The predicted octanol–water partition coefficient (Wildman–Crippen LogP) is -4.56. The van der Waals surface area contributed by atoms with Crippen LogP contribution in [0.15, 0.2) is 117 Å². The summed E-state index contributed by atoms with van der Waals surface area (Å²) in [6.45, 7) is 0. The van der Waals surface area contributed by atoms with Crippen LogP contribution in [0.3, 0.4) is 0 Å². The van der Waals surface area contributed by atoms with Crippen LogP contribution in [0.2, 0.25) is 0 Å². The second-order valence-corrected chi connectivity index (χ2v) is 23.3. The van der Waals surface area contributed by atoms with Gasteiger partial charge in [-0.15, -0.1) is 0 Å². The predicted molar refractivity (Wildman–Crippen MR) is 253 cm³/mol. The summed E-state index contributed by atoms with van der Waals surface area (Å²) in [6, 6.07) is 15.4. The van der Waals surface area contributed by atoms with Gasteiger partial charge in [0.1, 0.15) is 30.0 Å². The van der Waals surface area contributed by atoms with Crippen molar-refractivity contribution in [1.82, 2.24) is 0 Å². The number of carbonyl (C=O) groups excluding carboxylic acids is 4. The molecule has 0 atom stereocenters. The topological polar surface area (TPSA) is 511 Å². The van der Waals surface area contributed by atoms with Gasteiger partial charge in [-0.25, -0.2) is 25.4 Å². The Morgan fingerprint density at radius 2 is 0.632 bits per heavy atom. The number of benzene rings is 6. The van der Waals surface area contributed by atoms with Gasteiger partial charge in [-0.2, -0.15) is 33.7 Å². The van der Waals surface area contributed by atoms with Crippen molar-refractivity contribution >= 4 is 130 Å². The molecule has 0 aliphatic heterocycles. The SMILES string of the molecule is Nc1ccc(N(c2cc(S(=O)(=O)[O-])c(N)c3c2C(=O)c2ccccc2C3=O)S(=O)(=O)O)c(S(=O)(=O)O)c1.Nc1ccc(N(c2cc(S(=O)(=O)[O-])c(N)c3c2C(=O)c2ccccc2C3=O)S(=O)(=O)O)c(S(=O)(=O)O)c1.[Na+].[Na+]. The van der Waals surface area contributed by atoms with E-state index in [2.05, 4.69) is 0 Å². The molecule has 2 aliphatic rings. The number of nitrogens with zero attached hydrogens (tertiary/aromatic N) is 2. The summed E-state index contributed by atoms with van der Waals surface area (Å²) in [6.07, 6.45) is 0. The Balaban J connectivity index is 0.000000274. The monoisotopic (exact) mass is 1180 g/mol. The Hall–Kier alpha value is -5.74. The van der Waals surface area contributed by atoms with Crippen LogP contribution in [0, 0.1) is 0 Å². The van der Waals surface area contributed by atoms with Gasteiger partial charge in [0, 0.05) is 33.6 Å². The zero-order valence-electron chi connectivity index (χ0n) is 38.0. The zero-order valence-corrected chi connectivity index (χ0v) is 46.9. The number of rotatable bonds is 10. The van der Waals surface area contributed by atoms with Crippen molar-refractivity contribution in [1.29, 1.82) is 0 Å². The summed E-state index contributed by atoms with van der Waals surface area (Å²) >= 11 is 0. The first-order valence-electron chi connectivity index (χ1n) is 19.4. The van der Waals surface area contributed by atoms with Crippen LogP contribution in [0.4, 0.5) is 45.5 Å². The first kappa shape index (κ1) is 61.1. The van der Waals surface area contributed by atoms with E-state index in [0.717, 1.165) is 12.1 Å². The first-order valence-corrected chi connectivity index (χ1v) is 27.9. The van der Waals surface area contributed by atoms with Crippen LogP contribution >= 0.6 is 0 Å². The van der Waals surface area contributed by atoms with Crippen LogP contribution in [0.1, 0.15) is 63.7 Å². The molecule has 12 N–H and O–H groups in total. The van der Waals surface area contributed by atoms with Gasteiger partial charge in [-0.05, 0) is 48.5 Å². The average Bonchev–Trinajstić information content (AvgIpc) is 3.27. The smallest absolute Gasteiger partial charge is 0.744 e. The second-order valence-electron chi connectivity index (χ2n) is 15.3. The van der Waals surface area contributed by atoms with Crippen LogP contribution in [0.5, 0.6) is 0 Å². The summed E-state index contributed by atoms with van der Waals surface area (Å²) in [5, 5.41) is 0. The molecule has 0 saturated heterocycles. The largest absolute Gasteiger partial charge is 1.00 e. The summed E-state index contributed by atoms with van der Waals surface area (Å²) in [7, 11) is -33.0. The Bertz CT molecular complexity index is 4020. The maximum atomic E-state index is 13.5. The zero-order chi connectivity index (χ0) is 55.3. The fraction of sp³-hybridized carbons (Fsp3) is 0. The van der Waals surface area contributed by atoms with Crippen molar-refractivity contribution in [3.63, 3.8) is 0 Å². The van der Waals surface area contributed by atoms with E-state index in [9.17, 15) is 97.0 Å². The van der Waals surface area contributed by atoms with Gasteiger partial charge in [0.05, 0.1) is 66.2 Å². The Morgan fingerprint density at radius 1 is 0.368 bits per heavy atom. The van der Waals surface area contributed by atoms with Crippen molar-refractivity contribution in [3.05, 3.63) is 142 Å². The number of fused-ring (bicyclic) bond motifs is 4.